The molecule has 1 saturated heterocycles. The number of hydrogen-bond donors (Lipinski definition) is 0. The van der Waals surface area contributed by atoms with Gasteiger partial charge >= 0.3 is 6.72 Å². The normalized spacial score (nSPS) is 38.8. The Morgan fingerprint density at radius 2 is 2.55 bits per heavy atom. The minimum Gasteiger partial charge on any atom is -0.292 e. The molecule has 62 valence electrons. The first-order valence-corrected chi connectivity index (χ1v) is 6.55. The van der Waals surface area contributed by atoms with Gasteiger partial charge in [0.05, 0.1) is 0 Å². The van der Waals surface area contributed by atoms with Gasteiger partial charge in [-0.3, -0.25) is 9.09 Å². The molecule has 0 spiro atoms. The largest absolute Gasteiger partial charge is 0.329 e. The van der Waals surface area contributed by atoms with E-state index in [1.807, 2.05) is 0 Å². The first-order chi connectivity index (χ1) is 5.12. The molecule has 0 bridgehead atoms. The molecular formula is C6H10NO2PS. The van der Waals surface area contributed by atoms with Gasteiger partial charge < -0.3 is 0 Å². The molecule has 0 aromatic carbocycles. The molecule has 2 atom stereocenters. The second kappa shape index (κ2) is 3.20. The summed E-state index contributed by atoms with van der Waals surface area (Å²) >= 11 is 1.23. The van der Waals surface area contributed by atoms with E-state index < -0.39 is 6.72 Å². The van der Waals surface area contributed by atoms with Crippen molar-refractivity contribution >= 4 is 18.1 Å². The van der Waals surface area contributed by atoms with E-state index in [1.54, 1.807) is 18.0 Å². The Hall–Kier alpha value is 0.0600. The summed E-state index contributed by atoms with van der Waals surface area (Å²) in [7, 11) is 1.76. The maximum absolute atomic E-state index is 11.7. The predicted molar refractivity (Wildman–Crippen MR) is 47.5 cm³/mol. The Balaban J connectivity index is 2.75. The summed E-state index contributed by atoms with van der Waals surface area (Å²) in [5.74, 6) is 2.43. The number of terminal acetylenes is 1. The van der Waals surface area contributed by atoms with Gasteiger partial charge in [0.2, 0.25) is 0 Å². The SMILES string of the molecule is C#CC1CN(C)P(=O)(SC)O1. The minimum absolute atomic E-state index is 0.307. The van der Waals surface area contributed by atoms with Crippen molar-refractivity contribution in [2.75, 3.05) is 19.8 Å². The average molecular weight is 191 g/mol. The zero-order valence-electron chi connectivity index (χ0n) is 6.48. The third-order valence-corrected chi connectivity index (χ3v) is 5.99. The zero-order chi connectivity index (χ0) is 8.48. The first kappa shape index (κ1) is 9.15. The molecule has 0 aromatic heterocycles. The van der Waals surface area contributed by atoms with Crippen molar-refractivity contribution in [3.63, 3.8) is 0 Å². The van der Waals surface area contributed by atoms with Crippen LogP contribution in [-0.2, 0) is 9.09 Å². The molecule has 1 aliphatic heterocycles. The standard InChI is InChI=1S/C6H10NO2PS/c1-4-6-5-7(2)10(8,9-6)11-3/h1,6H,5H2,2-3H3. The highest BCUT2D eigenvalue weighted by atomic mass is 32.7. The molecule has 0 aromatic rings. The van der Waals surface area contributed by atoms with Crippen LogP contribution in [0.1, 0.15) is 0 Å². The fraction of sp³-hybridized carbons (Fsp3) is 0.667. The van der Waals surface area contributed by atoms with E-state index in [2.05, 4.69) is 5.92 Å². The van der Waals surface area contributed by atoms with Gasteiger partial charge in [-0.25, -0.2) is 4.67 Å². The van der Waals surface area contributed by atoms with Gasteiger partial charge in [-0.1, -0.05) is 17.3 Å². The van der Waals surface area contributed by atoms with Crippen molar-refractivity contribution in [3.8, 4) is 12.3 Å². The van der Waals surface area contributed by atoms with Crippen LogP contribution in [0.3, 0.4) is 0 Å². The average Bonchev–Trinajstić information content (AvgIpc) is 2.29. The molecule has 0 N–H and O–H groups in total. The number of nitrogens with zero attached hydrogens (tertiary/aromatic N) is 1. The molecule has 1 heterocycles. The van der Waals surface area contributed by atoms with Crippen LogP contribution in [0.5, 0.6) is 0 Å². The van der Waals surface area contributed by atoms with Gasteiger partial charge in [-0.05, 0) is 13.3 Å². The monoisotopic (exact) mass is 191 g/mol. The molecule has 2 unspecified atom stereocenters. The second-order valence-corrected chi connectivity index (χ2v) is 6.93. The van der Waals surface area contributed by atoms with Crippen molar-refractivity contribution in [1.82, 2.24) is 4.67 Å². The van der Waals surface area contributed by atoms with E-state index in [9.17, 15) is 4.57 Å². The molecule has 1 fully saturated rings. The maximum Gasteiger partial charge on any atom is 0.329 e. The summed E-state index contributed by atoms with van der Waals surface area (Å²) in [6.07, 6.45) is 6.59. The van der Waals surface area contributed by atoms with Crippen LogP contribution < -0.4 is 0 Å². The quantitative estimate of drug-likeness (QED) is 0.463. The minimum atomic E-state index is -2.61. The summed E-state index contributed by atoms with van der Waals surface area (Å²) in [6, 6.07) is 0. The van der Waals surface area contributed by atoms with Gasteiger partial charge in [0.25, 0.3) is 0 Å². The topological polar surface area (TPSA) is 29.5 Å². The van der Waals surface area contributed by atoms with Crippen molar-refractivity contribution in [2.24, 2.45) is 0 Å². The second-order valence-electron chi connectivity index (χ2n) is 2.25. The van der Waals surface area contributed by atoms with Crippen LogP contribution in [0, 0.1) is 12.3 Å². The summed E-state index contributed by atoms with van der Waals surface area (Å²) < 4.78 is 18.5. The van der Waals surface area contributed by atoms with E-state index in [0.717, 1.165) is 0 Å². The smallest absolute Gasteiger partial charge is 0.292 e. The van der Waals surface area contributed by atoms with Crippen LogP contribution in [0.25, 0.3) is 0 Å². The molecule has 0 amide bonds. The van der Waals surface area contributed by atoms with Crippen molar-refractivity contribution < 1.29 is 9.09 Å². The lowest BCUT2D eigenvalue weighted by Crippen LogP contribution is -2.13. The lowest BCUT2D eigenvalue weighted by atomic mass is 10.4. The summed E-state index contributed by atoms with van der Waals surface area (Å²) in [4.78, 5) is 0. The van der Waals surface area contributed by atoms with E-state index in [0.29, 0.717) is 6.54 Å². The maximum atomic E-state index is 11.7. The van der Waals surface area contributed by atoms with Crippen molar-refractivity contribution in [1.29, 1.82) is 0 Å². The van der Waals surface area contributed by atoms with Crippen LogP contribution in [0.15, 0.2) is 0 Å². The molecule has 1 aliphatic rings. The lowest BCUT2D eigenvalue weighted by Gasteiger charge is -2.13. The fourth-order valence-corrected chi connectivity index (χ4v) is 3.81. The third kappa shape index (κ3) is 1.62. The van der Waals surface area contributed by atoms with E-state index >= 15 is 0 Å². The van der Waals surface area contributed by atoms with Crippen molar-refractivity contribution in [3.05, 3.63) is 0 Å². The lowest BCUT2D eigenvalue weighted by molar-refractivity contribution is 0.309. The Bertz CT molecular complexity index is 237. The third-order valence-electron chi connectivity index (χ3n) is 1.53. The number of likely N-dealkylation sites (N-methyl/N-ethyl adjacent to an activating group) is 1. The summed E-state index contributed by atoms with van der Waals surface area (Å²) in [6.45, 7) is -2.04. The Morgan fingerprint density at radius 1 is 1.91 bits per heavy atom. The van der Waals surface area contributed by atoms with Gasteiger partial charge in [0.15, 0.2) is 0 Å². The molecule has 1 rings (SSSR count). The van der Waals surface area contributed by atoms with E-state index in [1.165, 1.54) is 11.4 Å². The highest BCUT2D eigenvalue weighted by molar-refractivity contribution is 8.55. The van der Waals surface area contributed by atoms with Crippen LogP contribution in [0.2, 0.25) is 0 Å². The van der Waals surface area contributed by atoms with Gasteiger partial charge in [-0.15, -0.1) is 6.42 Å². The zero-order valence-corrected chi connectivity index (χ0v) is 8.19. The van der Waals surface area contributed by atoms with Gasteiger partial charge in [0.1, 0.15) is 6.10 Å². The predicted octanol–water partition coefficient (Wildman–Crippen LogP) is 1.42. The molecule has 5 heteroatoms. The first-order valence-electron chi connectivity index (χ1n) is 3.14. The molecule has 0 saturated carbocycles. The molecular weight excluding hydrogens is 181 g/mol. The number of hydrogen-bond acceptors (Lipinski definition) is 3. The van der Waals surface area contributed by atoms with Crippen LogP contribution in [-0.4, -0.2) is 30.6 Å². The molecule has 11 heavy (non-hydrogen) atoms. The van der Waals surface area contributed by atoms with Crippen LogP contribution in [0.4, 0.5) is 0 Å². The highest BCUT2D eigenvalue weighted by Gasteiger charge is 2.39. The van der Waals surface area contributed by atoms with Crippen LogP contribution >= 0.6 is 18.1 Å². The molecule has 3 nitrogen and oxygen atoms in total. The van der Waals surface area contributed by atoms with E-state index in [-0.39, 0.29) is 6.10 Å². The van der Waals surface area contributed by atoms with Gasteiger partial charge in [0, 0.05) is 6.54 Å². The Morgan fingerprint density at radius 3 is 2.82 bits per heavy atom. The highest BCUT2D eigenvalue weighted by Crippen LogP contribution is 2.64. The Kier molecular flexibility index (Phi) is 2.66. The summed E-state index contributed by atoms with van der Waals surface area (Å²) in [5, 5.41) is 0. The van der Waals surface area contributed by atoms with E-state index in [4.69, 9.17) is 10.9 Å². The number of rotatable bonds is 1. The van der Waals surface area contributed by atoms with Crippen molar-refractivity contribution in [2.45, 2.75) is 6.10 Å². The molecule has 0 radical (unpaired) electrons. The summed E-state index contributed by atoms with van der Waals surface area (Å²) in [5.41, 5.74) is 0. The molecule has 0 aliphatic carbocycles. The van der Waals surface area contributed by atoms with Gasteiger partial charge in [-0.2, -0.15) is 0 Å². The Labute approximate surface area is 70.7 Å². The fourth-order valence-electron chi connectivity index (χ4n) is 0.880.